The molecule has 20 heavy (non-hydrogen) atoms. The molecule has 1 aromatic heterocycles. The Hall–Kier alpha value is -2.13. The van der Waals surface area contributed by atoms with Crippen LogP contribution in [0.5, 0.6) is 10.9 Å². The van der Waals surface area contributed by atoms with Gasteiger partial charge in [-0.1, -0.05) is 22.9 Å². The minimum Gasteiger partial charge on any atom is -0.428 e. The maximum Gasteiger partial charge on any atom is 0.307 e. The maximum atomic E-state index is 13.5. The molecule has 10 heteroatoms. The van der Waals surface area contributed by atoms with Crippen LogP contribution in [-0.4, -0.2) is 16.2 Å². The molecule has 0 spiro atoms. The molecule has 2 aromatic rings. The van der Waals surface area contributed by atoms with Crippen LogP contribution >= 0.6 is 22.9 Å². The summed E-state index contributed by atoms with van der Waals surface area (Å²) in [7, 11) is 0. The van der Waals surface area contributed by atoms with E-state index in [1.165, 1.54) is 0 Å². The number of hydrogen-bond acceptors (Lipinski definition) is 6. The van der Waals surface area contributed by atoms with E-state index >= 15 is 0 Å². The molecule has 1 heterocycles. The van der Waals surface area contributed by atoms with E-state index in [-0.39, 0.29) is 15.2 Å². The molecule has 0 amide bonds. The van der Waals surface area contributed by atoms with Gasteiger partial charge in [-0.3, -0.25) is 14.9 Å². The fourth-order valence-corrected chi connectivity index (χ4v) is 2.16. The van der Waals surface area contributed by atoms with E-state index < -0.39 is 28.0 Å². The first kappa shape index (κ1) is 14.3. The number of ether oxygens (including phenoxy) is 1. The van der Waals surface area contributed by atoms with Crippen LogP contribution in [0.1, 0.15) is 9.67 Å². The first-order chi connectivity index (χ1) is 9.42. The van der Waals surface area contributed by atoms with Gasteiger partial charge in [-0.2, -0.15) is 9.37 Å². The number of rotatable bonds is 4. The monoisotopic (exact) mass is 320 g/mol. The molecular weight excluding hydrogens is 318 g/mol. The molecule has 6 nitrogen and oxygen atoms in total. The highest BCUT2D eigenvalue weighted by Gasteiger charge is 2.21. The summed E-state index contributed by atoms with van der Waals surface area (Å²) in [6, 6.07) is 0.907. The highest BCUT2D eigenvalue weighted by Crippen LogP contribution is 2.34. The van der Waals surface area contributed by atoms with Crippen LogP contribution in [0, 0.1) is 21.7 Å². The quantitative estimate of drug-likeness (QED) is 0.488. The van der Waals surface area contributed by atoms with Gasteiger partial charge in [-0.15, -0.1) is 0 Å². The molecule has 0 unspecified atom stereocenters. The minimum atomic E-state index is -1.26. The van der Waals surface area contributed by atoms with Gasteiger partial charge in [-0.25, -0.2) is 4.39 Å². The third-order valence-electron chi connectivity index (χ3n) is 2.09. The van der Waals surface area contributed by atoms with Crippen molar-refractivity contribution in [3.05, 3.63) is 43.9 Å². The third-order valence-corrected chi connectivity index (χ3v) is 3.35. The zero-order valence-corrected chi connectivity index (χ0v) is 10.9. The van der Waals surface area contributed by atoms with Gasteiger partial charge in [0.1, 0.15) is 4.88 Å². The van der Waals surface area contributed by atoms with Gasteiger partial charge in [0.15, 0.2) is 23.0 Å². The largest absolute Gasteiger partial charge is 0.428 e. The van der Waals surface area contributed by atoms with Crippen molar-refractivity contribution < 1.29 is 23.2 Å². The normalized spacial score (nSPS) is 10.3. The fourth-order valence-electron chi connectivity index (χ4n) is 1.24. The van der Waals surface area contributed by atoms with E-state index in [2.05, 4.69) is 4.98 Å². The number of nitro groups is 1. The molecule has 0 atom stereocenters. The highest BCUT2D eigenvalue weighted by atomic mass is 35.5. The minimum absolute atomic E-state index is 0.0597. The standard InChI is InChI=1S/C10H3ClF2N2O4S/c11-9-8(3-16)20-10(14-9)19-7-2-4(12)6(15(17)18)1-5(7)13/h1-3H. The van der Waals surface area contributed by atoms with Gasteiger partial charge >= 0.3 is 5.69 Å². The molecule has 0 saturated heterocycles. The van der Waals surface area contributed by atoms with E-state index in [9.17, 15) is 23.7 Å². The molecule has 1 aromatic carbocycles. The summed E-state index contributed by atoms with van der Waals surface area (Å²) in [5, 5.41) is 10.1. The Morgan fingerprint density at radius 2 is 2.10 bits per heavy atom. The lowest BCUT2D eigenvalue weighted by Crippen LogP contribution is -1.96. The van der Waals surface area contributed by atoms with Gasteiger partial charge in [0.05, 0.1) is 11.0 Å². The number of nitrogens with zero attached hydrogens (tertiary/aromatic N) is 2. The summed E-state index contributed by atoms with van der Waals surface area (Å²) in [5.74, 6) is -3.00. The molecule has 0 saturated carbocycles. The topological polar surface area (TPSA) is 82.3 Å². The number of aromatic nitrogens is 1. The molecule has 0 fully saturated rings. The van der Waals surface area contributed by atoms with Crippen molar-refractivity contribution in [2.24, 2.45) is 0 Å². The van der Waals surface area contributed by atoms with E-state index in [4.69, 9.17) is 16.3 Å². The predicted octanol–water partition coefficient (Wildman–Crippen LogP) is 3.59. The van der Waals surface area contributed by atoms with Crippen molar-refractivity contribution >= 4 is 34.9 Å². The Morgan fingerprint density at radius 3 is 2.65 bits per heavy atom. The highest BCUT2D eigenvalue weighted by molar-refractivity contribution is 7.15. The van der Waals surface area contributed by atoms with Crippen LogP contribution in [0.2, 0.25) is 5.15 Å². The Balaban J connectivity index is 2.36. The Labute approximate surface area is 118 Å². The van der Waals surface area contributed by atoms with Crippen LogP contribution in [0.15, 0.2) is 12.1 Å². The SMILES string of the molecule is O=Cc1sc(Oc2cc(F)c([N+](=O)[O-])cc2F)nc1Cl. The van der Waals surface area contributed by atoms with Crippen molar-refractivity contribution in [1.82, 2.24) is 4.98 Å². The van der Waals surface area contributed by atoms with Crippen molar-refractivity contribution in [1.29, 1.82) is 0 Å². The molecule has 104 valence electrons. The summed E-state index contributed by atoms with van der Waals surface area (Å²) < 4.78 is 31.8. The molecule has 0 radical (unpaired) electrons. The number of benzene rings is 1. The Bertz CT molecular complexity index is 707. The second-order valence-electron chi connectivity index (χ2n) is 3.35. The van der Waals surface area contributed by atoms with Crippen LogP contribution in [0.3, 0.4) is 0 Å². The Kier molecular flexibility index (Phi) is 3.91. The summed E-state index contributed by atoms with van der Waals surface area (Å²) in [6.45, 7) is 0. The number of carbonyl (C=O) groups is 1. The van der Waals surface area contributed by atoms with Crippen molar-refractivity contribution in [2.45, 2.75) is 0 Å². The van der Waals surface area contributed by atoms with Crippen LogP contribution < -0.4 is 4.74 Å². The summed E-state index contributed by atoms with van der Waals surface area (Å²) in [4.78, 5) is 23.6. The fraction of sp³-hybridized carbons (Fsp3) is 0. The molecule has 0 aliphatic carbocycles. The summed E-state index contributed by atoms with van der Waals surface area (Å²) in [5.41, 5.74) is -1.01. The van der Waals surface area contributed by atoms with Gasteiger partial charge in [-0.05, 0) is 0 Å². The van der Waals surface area contributed by atoms with E-state index in [0.29, 0.717) is 18.4 Å². The molecule has 0 N–H and O–H groups in total. The van der Waals surface area contributed by atoms with Crippen molar-refractivity contribution in [3.63, 3.8) is 0 Å². The van der Waals surface area contributed by atoms with Crippen LogP contribution in [-0.2, 0) is 0 Å². The van der Waals surface area contributed by atoms with Gasteiger partial charge in [0.25, 0.3) is 5.19 Å². The molecule has 0 aliphatic rings. The average molecular weight is 321 g/mol. The number of nitro benzene ring substituents is 1. The molecule has 2 rings (SSSR count). The number of aldehydes is 1. The number of thiazole rings is 1. The van der Waals surface area contributed by atoms with Crippen LogP contribution in [0.4, 0.5) is 14.5 Å². The van der Waals surface area contributed by atoms with Gasteiger partial charge in [0.2, 0.25) is 5.82 Å². The number of halogens is 3. The van der Waals surface area contributed by atoms with Crippen molar-refractivity contribution in [3.8, 4) is 10.9 Å². The third kappa shape index (κ3) is 2.73. The predicted molar refractivity (Wildman–Crippen MR) is 65.6 cm³/mol. The lowest BCUT2D eigenvalue weighted by molar-refractivity contribution is -0.387. The zero-order valence-electron chi connectivity index (χ0n) is 9.30. The second kappa shape index (κ2) is 5.47. The summed E-state index contributed by atoms with van der Waals surface area (Å²) in [6.07, 6.45) is 0.430. The molecule has 0 aliphatic heterocycles. The van der Waals surface area contributed by atoms with E-state index in [0.717, 1.165) is 11.3 Å². The van der Waals surface area contributed by atoms with Crippen molar-refractivity contribution in [2.75, 3.05) is 0 Å². The molecule has 0 bridgehead atoms. The second-order valence-corrected chi connectivity index (χ2v) is 4.70. The zero-order chi connectivity index (χ0) is 14.9. The van der Waals surface area contributed by atoms with E-state index in [1.54, 1.807) is 0 Å². The van der Waals surface area contributed by atoms with Crippen LogP contribution in [0.25, 0.3) is 0 Å². The van der Waals surface area contributed by atoms with Gasteiger partial charge < -0.3 is 4.74 Å². The lowest BCUT2D eigenvalue weighted by atomic mass is 10.3. The average Bonchev–Trinajstić information content (AvgIpc) is 2.73. The smallest absolute Gasteiger partial charge is 0.307 e. The Morgan fingerprint density at radius 1 is 1.40 bits per heavy atom. The van der Waals surface area contributed by atoms with Gasteiger partial charge in [0, 0.05) is 6.07 Å². The lowest BCUT2D eigenvalue weighted by Gasteiger charge is -2.03. The molecular formula is C10H3ClF2N2O4S. The van der Waals surface area contributed by atoms with E-state index in [1.807, 2.05) is 0 Å². The number of carbonyl (C=O) groups excluding carboxylic acids is 1. The first-order valence-corrected chi connectivity index (χ1v) is 6.04. The number of hydrogen-bond donors (Lipinski definition) is 0. The first-order valence-electron chi connectivity index (χ1n) is 4.85. The maximum absolute atomic E-state index is 13.5. The summed E-state index contributed by atoms with van der Waals surface area (Å²) >= 11 is 6.30.